The van der Waals surface area contributed by atoms with Gasteiger partial charge in [-0.05, 0) is 24.3 Å². The van der Waals surface area contributed by atoms with Crippen LogP contribution in [0.2, 0.25) is 5.02 Å². The summed E-state index contributed by atoms with van der Waals surface area (Å²) in [4.78, 5) is 1.52. The third-order valence-electron chi connectivity index (χ3n) is 3.37. The van der Waals surface area contributed by atoms with Crippen molar-refractivity contribution >= 4 is 17.6 Å². The summed E-state index contributed by atoms with van der Waals surface area (Å²) in [5.74, 6) is 1.29. The first kappa shape index (κ1) is 14.0. The number of piperazine rings is 1. The highest BCUT2D eigenvalue weighted by atomic mass is 35.5. The van der Waals surface area contributed by atoms with Crippen LogP contribution in [0, 0.1) is 0 Å². The molecule has 1 aliphatic rings. The Balaban J connectivity index is 1.70. The van der Waals surface area contributed by atoms with Crippen molar-refractivity contribution in [1.82, 2.24) is 0 Å². The Labute approximate surface area is 118 Å². The van der Waals surface area contributed by atoms with E-state index < -0.39 is 0 Å². The van der Waals surface area contributed by atoms with E-state index in [1.54, 1.807) is 0 Å². The summed E-state index contributed by atoms with van der Waals surface area (Å²) < 4.78 is 7.71. The van der Waals surface area contributed by atoms with Gasteiger partial charge in [0.1, 0.15) is 45.1 Å². The SMILES string of the molecule is NC(N)=[N+]1CC[NH+](CCOc2ccc(Cl)cc2)CC1. The predicted molar refractivity (Wildman–Crippen MR) is 75.9 cm³/mol. The molecular formula is C13H21ClN4O+2. The van der Waals surface area contributed by atoms with Crippen LogP contribution in [0.5, 0.6) is 5.75 Å². The van der Waals surface area contributed by atoms with Crippen molar-refractivity contribution < 1.29 is 14.2 Å². The monoisotopic (exact) mass is 284 g/mol. The third kappa shape index (κ3) is 4.29. The molecule has 6 heteroatoms. The van der Waals surface area contributed by atoms with Crippen molar-refractivity contribution in [2.24, 2.45) is 11.5 Å². The van der Waals surface area contributed by atoms with Crippen molar-refractivity contribution in [3.05, 3.63) is 29.3 Å². The van der Waals surface area contributed by atoms with Crippen LogP contribution in [0.1, 0.15) is 0 Å². The standard InChI is InChI=1S/C13H19ClN4O/c14-11-1-3-12(4-2-11)19-10-9-17-5-7-18(8-6-17)13(15)16/h1-4H,5-10H2,(H3,15,16)/p+2. The van der Waals surface area contributed by atoms with Crippen LogP contribution in [0.25, 0.3) is 0 Å². The minimum absolute atomic E-state index is 0.427. The molecule has 104 valence electrons. The number of halogens is 1. The number of nitrogens with zero attached hydrogens (tertiary/aromatic N) is 1. The number of guanidine groups is 1. The van der Waals surface area contributed by atoms with E-state index in [-0.39, 0.29) is 0 Å². The van der Waals surface area contributed by atoms with Gasteiger partial charge in [0.25, 0.3) is 0 Å². The maximum atomic E-state index is 5.82. The lowest BCUT2D eigenvalue weighted by atomic mass is 10.3. The lowest BCUT2D eigenvalue weighted by Gasteiger charge is -2.25. The molecule has 1 aliphatic heterocycles. The molecule has 0 aromatic heterocycles. The predicted octanol–water partition coefficient (Wildman–Crippen LogP) is -1.10. The first-order chi connectivity index (χ1) is 9.15. The zero-order valence-corrected chi connectivity index (χ0v) is 11.7. The molecule has 2 rings (SSSR count). The number of rotatable bonds is 4. The molecule has 0 unspecified atom stereocenters. The zero-order chi connectivity index (χ0) is 13.7. The zero-order valence-electron chi connectivity index (χ0n) is 10.9. The first-order valence-electron chi connectivity index (χ1n) is 6.50. The second-order valence-corrected chi connectivity index (χ2v) is 5.15. The molecular weight excluding hydrogens is 264 g/mol. The van der Waals surface area contributed by atoms with Gasteiger partial charge in [-0.25, -0.2) is 0 Å². The summed E-state index contributed by atoms with van der Waals surface area (Å²) in [5, 5.41) is 0.727. The fourth-order valence-corrected chi connectivity index (χ4v) is 2.30. The van der Waals surface area contributed by atoms with Gasteiger partial charge in [0.05, 0.1) is 0 Å². The number of nitrogens with one attached hydrogen (secondary N) is 1. The Hall–Kier alpha value is -1.46. The Morgan fingerprint density at radius 3 is 2.42 bits per heavy atom. The normalized spacial score (nSPS) is 19.2. The summed E-state index contributed by atoms with van der Waals surface area (Å²) in [6.45, 7) is 5.61. The van der Waals surface area contributed by atoms with Crippen LogP contribution in [0.15, 0.2) is 24.3 Å². The van der Waals surface area contributed by atoms with E-state index >= 15 is 0 Å². The molecule has 0 spiro atoms. The number of hydrogen-bond donors (Lipinski definition) is 3. The Morgan fingerprint density at radius 2 is 1.84 bits per heavy atom. The maximum Gasteiger partial charge on any atom is 0.341 e. The Morgan fingerprint density at radius 1 is 1.21 bits per heavy atom. The number of hydrogen-bond acceptors (Lipinski definition) is 1. The molecule has 0 amide bonds. The van der Waals surface area contributed by atoms with Gasteiger partial charge in [0.15, 0.2) is 0 Å². The van der Waals surface area contributed by atoms with Gasteiger partial charge >= 0.3 is 5.96 Å². The van der Waals surface area contributed by atoms with Gasteiger partial charge in [0.2, 0.25) is 0 Å². The largest absolute Gasteiger partial charge is 0.488 e. The molecule has 1 aromatic carbocycles. The van der Waals surface area contributed by atoms with Crippen molar-refractivity contribution in [3.63, 3.8) is 0 Å². The molecule has 1 saturated heterocycles. The van der Waals surface area contributed by atoms with E-state index in [2.05, 4.69) is 0 Å². The highest BCUT2D eigenvalue weighted by Crippen LogP contribution is 2.14. The second-order valence-electron chi connectivity index (χ2n) is 4.71. The van der Waals surface area contributed by atoms with Crippen LogP contribution < -0.4 is 21.1 Å². The van der Waals surface area contributed by atoms with Crippen molar-refractivity contribution in [2.75, 3.05) is 39.3 Å². The van der Waals surface area contributed by atoms with E-state index in [1.807, 2.05) is 28.8 Å². The quantitative estimate of drug-likeness (QED) is 0.486. The molecule has 0 atom stereocenters. The van der Waals surface area contributed by atoms with E-state index in [0.717, 1.165) is 43.5 Å². The molecule has 0 aliphatic carbocycles. The van der Waals surface area contributed by atoms with Gasteiger partial charge < -0.3 is 9.64 Å². The molecule has 0 radical (unpaired) electrons. The van der Waals surface area contributed by atoms with Crippen molar-refractivity contribution in [3.8, 4) is 5.75 Å². The van der Waals surface area contributed by atoms with Crippen LogP contribution in [0.4, 0.5) is 0 Å². The average molecular weight is 285 g/mol. The molecule has 1 fully saturated rings. The molecule has 5 N–H and O–H groups in total. The topological polar surface area (TPSA) is 68.7 Å². The highest BCUT2D eigenvalue weighted by Gasteiger charge is 2.19. The minimum Gasteiger partial charge on any atom is -0.488 e. The number of quaternary nitrogens is 1. The fourth-order valence-electron chi connectivity index (χ4n) is 2.18. The maximum absolute atomic E-state index is 5.82. The molecule has 0 bridgehead atoms. The van der Waals surface area contributed by atoms with Gasteiger partial charge in [-0.1, -0.05) is 11.6 Å². The van der Waals surface area contributed by atoms with E-state index in [9.17, 15) is 0 Å². The molecule has 19 heavy (non-hydrogen) atoms. The van der Waals surface area contributed by atoms with E-state index in [0.29, 0.717) is 12.6 Å². The van der Waals surface area contributed by atoms with Gasteiger partial charge in [-0.15, -0.1) is 0 Å². The highest BCUT2D eigenvalue weighted by molar-refractivity contribution is 6.30. The van der Waals surface area contributed by atoms with Crippen LogP contribution in [0.3, 0.4) is 0 Å². The van der Waals surface area contributed by atoms with Crippen LogP contribution in [-0.4, -0.2) is 49.9 Å². The van der Waals surface area contributed by atoms with Gasteiger partial charge in [-0.3, -0.25) is 16.0 Å². The third-order valence-corrected chi connectivity index (χ3v) is 3.63. The summed E-state index contributed by atoms with van der Waals surface area (Å²) >= 11 is 5.82. The first-order valence-corrected chi connectivity index (χ1v) is 6.88. The lowest BCUT2D eigenvalue weighted by Crippen LogP contribution is -3.15. The van der Waals surface area contributed by atoms with E-state index in [4.69, 9.17) is 27.8 Å². The smallest absolute Gasteiger partial charge is 0.341 e. The molecule has 0 saturated carbocycles. The molecule has 5 nitrogen and oxygen atoms in total. The lowest BCUT2D eigenvalue weighted by molar-refractivity contribution is -0.931. The fraction of sp³-hybridized carbons (Fsp3) is 0.462. The van der Waals surface area contributed by atoms with Crippen LogP contribution in [-0.2, 0) is 0 Å². The average Bonchev–Trinajstić information content (AvgIpc) is 2.41. The molecule has 1 heterocycles. The Kier molecular flexibility index (Phi) is 4.87. The van der Waals surface area contributed by atoms with Crippen LogP contribution >= 0.6 is 11.6 Å². The Bertz CT molecular complexity index is 432. The minimum atomic E-state index is 0.427. The van der Waals surface area contributed by atoms with Crippen molar-refractivity contribution in [1.29, 1.82) is 0 Å². The number of benzene rings is 1. The number of ether oxygens (including phenoxy) is 1. The second kappa shape index (κ2) is 6.63. The number of nitrogens with two attached hydrogens (primary N) is 2. The van der Waals surface area contributed by atoms with Gasteiger partial charge in [0, 0.05) is 5.02 Å². The molecule has 1 aromatic rings. The van der Waals surface area contributed by atoms with E-state index in [1.165, 1.54) is 4.90 Å². The van der Waals surface area contributed by atoms with Gasteiger partial charge in [-0.2, -0.15) is 0 Å². The van der Waals surface area contributed by atoms with Crippen molar-refractivity contribution in [2.45, 2.75) is 0 Å². The summed E-state index contributed by atoms with van der Waals surface area (Å²) in [7, 11) is 0. The summed E-state index contributed by atoms with van der Waals surface area (Å²) in [5.41, 5.74) is 11.2. The summed E-state index contributed by atoms with van der Waals surface area (Å²) in [6, 6.07) is 7.45. The summed E-state index contributed by atoms with van der Waals surface area (Å²) in [6.07, 6.45) is 0.